The highest BCUT2D eigenvalue weighted by Crippen LogP contribution is 2.32. The predicted octanol–water partition coefficient (Wildman–Crippen LogP) is 0.415. The topological polar surface area (TPSA) is 76.3 Å². The first-order valence-electron chi connectivity index (χ1n) is 5.75. The minimum atomic E-state index is -0.318. The fourth-order valence-electron chi connectivity index (χ4n) is 2.16. The number of pyridine rings is 1. The van der Waals surface area contributed by atoms with Gasteiger partial charge in [-0.3, -0.25) is 19.5 Å². The third-order valence-corrected chi connectivity index (χ3v) is 3.35. The van der Waals surface area contributed by atoms with Crippen molar-refractivity contribution in [3.63, 3.8) is 0 Å². The van der Waals surface area contributed by atoms with E-state index in [1.54, 1.807) is 12.1 Å². The zero-order valence-corrected chi connectivity index (χ0v) is 9.30. The molecule has 3 rings (SSSR count). The zero-order chi connectivity index (χ0) is 12.0. The van der Waals surface area contributed by atoms with Crippen LogP contribution in [0.4, 0.5) is 0 Å². The lowest BCUT2D eigenvalue weighted by Crippen LogP contribution is -2.41. The average molecular weight is 231 g/mol. The highest BCUT2D eigenvalue weighted by molar-refractivity contribution is 6.20. The highest BCUT2D eigenvalue weighted by atomic mass is 16.2. The Balaban J connectivity index is 1.84. The second-order valence-corrected chi connectivity index (χ2v) is 4.62. The predicted molar refractivity (Wildman–Crippen MR) is 60.3 cm³/mol. The second kappa shape index (κ2) is 3.63. The van der Waals surface area contributed by atoms with E-state index in [0.717, 1.165) is 12.8 Å². The zero-order valence-electron chi connectivity index (χ0n) is 9.30. The Kier molecular flexibility index (Phi) is 2.22. The minimum absolute atomic E-state index is 0.0998. The normalized spacial score (nSPS) is 20.6. The van der Waals surface area contributed by atoms with E-state index in [2.05, 4.69) is 4.98 Å². The molecule has 5 heteroatoms. The van der Waals surface area contributed by atoms with Gasteiger partial charge in [-0.15, -0.1) is 0 Å². The molecule has 1 aliphatic carbocycles. The first-order chi connectivity index (χ1) is 8.18. The van der Waals surface area contributed by atoms with Gasteiger partial charge < -0.3 is 5.73 Å². The Hall–Kier alpha value is -1.75. The van der Waals surface area contributed by atoms with Crippen LogP contribution in [0.2, 0.25) is 0 Å². The number of amides is 2. The van der Waals surface area contributed by atoms with Gasteiger partial charge in [0, 0.05) is 18.8 Å². The monoisotopic (exact) mass is 231 g/mol. The third kappa shape index (κ3) is 1.63. The molecule has 1 unspecified atom stereocenters. The summed E-state index contributed by atoms with van der Waals surface area (Å²) in [7, 11) is 0. The molecule has 0 spiro atoms. The van der Waals surface area contributed by atoms with Crippen LogP contribution in [-0.4, -0.2) is 34.3 Å². The smallest absolute Gasteiger partial charge is 0.280 e. The molecular formula is C12H13N3O2. The molecule has 1 aromatic heterocycles. The molecule has 2 aliphatic rings. The standard InChI is InChI=1S/C12H13N3O2/c13-9(7-3-4-7)6-15-11(16)8-2-1-5-14-10(8)12(15)17/h1-2,5,7,9H,3-4,6,13H2. The number of nitrogens with zero attached hydrogens (tertiary/aromatic N) is 2. The lowest BCUT2D eigenvalue weighted by atomic mass is 10.2. The Labute approximate surface area is 98.6 Å². The van der Waals surface area contributed by atoms with Crippen molar-refractivity contribution in [2.75, 3.05) is 6.54 Å². The van der Waals surface area contributed by atoms with Crippen LogP contribution in [0.5, 0.6) is 0 Å². The Morgan fingerprint density at radius 3 is 2.82 bits per heavy atom. The number of carbonyl (C=O) groups excluding carboxylic acids is 2. The molecule has 0 aromatic carbocycles. The van der Waals surface area contributed by atoms with Crippen molar-refractivity contribution in [1.82, 2.24) is 9.88 Å². The lowest BCUT2D eigenvalue weighted by molar-refractivity contribution is 0.0639. The van der Waals surface area contributed by atoms with Crippen LogP contribution < -0.4 is 5.73 Å². The van der Waals surface area contributed by atoms with Crippen LogP contribution in [-0.2, 0) is 0 Å². The SMILES string of the molecule is NC(CN1C(=O)c2cccnc2C1=O)C1CC1. The molecule has 0 radical (unpaired) electrons. The quantitative estimate of drug-likeness (QED) is 0.765. The van der Waals surface area contributed by atoms with Gasteiger partial charge in [0.2, 0.25) is 0 Å². The summed E-state index contributed by atoms with van der Waals surface area (Å²) in [6.07, 6.45) is 3.72. The summed E-state index contributed by atoms with van der Waals surface area (Å²) in [5.41, 5.74) is 6.59. The first-order valence-corrected chi connectivity index (χ1v) is 5.75. The molecule has 0 bridgehead atoms. The van der Waals surface area contributed by atoms with E-state index >= 15 is 0 Å². The largest absolute Gasteiger partial charge is 0.326 e. The van der Waals surface area contributed by atoms with Gasteiger partial charge in [-0.2, -0.15) is 0 Å². The van der Waals surface area contributed by atoms with Gasteiger partial charge >= 0.3 is 0 Å². The van der Waals surface area contributed by atoms with Crippen molar-refractivity contribution >= 4 is 11.8 Å². The van der Waals surface area contributed by atoms with E-state index in [4.69, 9.17) is 5.73 Å². The fraction of sp³-hybridized carbons (Fsp3) is 0.417. The molecule has 88 valence electrons. The van der Waals surface area contributed by atoms with Gasteiger partial charge in [-0.1, -0.05) is 0 Å². The number of fused-ring (bicyclic) bond motifs is 1. The highest BCUT2D eigenvalue weighted by Gasteiger charge is 2.39. The molecule has 2 amide bonds. The first kappa shape index (κ1) is 10.4. The van der Waals surface area contributed by atoms with Crippen LogP contribution in [0.25, 0.3) is 0 Å². The molecule has 2 heterocycles. The number of aromatic nitrogens is 1. The summed E-state index contributed by atoms with van der Waals surface area (Å²) < 4.78 is 0. The maximum atomic E-state index is 12.0. The molecule has 1 aromatic rings. The van der Waals surface area contributed by atoms with E-state index in [1.807, 2.05) is 0 Å². The molecule has 1 atom stereocenters. The van der Waals surface area contributed by atoms with Crippen LogP contribution in [0, 0.1) is 5.92 Å². The second-order valence-electron chi connectivity index (χ2n) is 4.62. The van der Waals surface area contributed by atoms with Crippen molar-refractivity contribution in [2.45, 2.75) is 18.9 Å². The average Bonchev–Trinajstić information content (AvgIpc) is 3.15. The number of imide groups is 1. The van der Waals surface area contributed by atoms with Gasteiger partial charge in [0.15, 0.2) is 0 Å². The molecular weight excluding hydrogens is 218 g/mol. The summed E-state index contributed by atoms with van der Waals surface area (Å²) in [4.78, 5) is 29.1. The van der Waals surface area contributed by atoms with Gasteiger partial charge in [0.05, 0.1) is 5.56 Å². The third-order valence-electron chi connectivity index (χ3n) is 3.35. The van der Waals surface area contributed by atoms with E-state index in [0.29, 0.717) is 18.0 Å². The maximum Gasteiger partial charge on any atom is 0.280 e. The van der Waals surface area contributed by atoms with Crippen LogP contribution >= 0.6 is 0 Å². The summed E-state index contributed by atoms with van der Waals surface area (Å²) >= 11 is 0. The lowest BCUT2D eigenvalue weighted by Gasteiger charge is -2.18. The maximum absolute atomic E-state index is 12.0. The van der Waals surface area contributed by atoms with Crippen molar-refractivity contribution in [1.29, 1.82) is 0 Å². The molecule has 1 saturated carbocycles. The van der Waals surface area contributed by atoms with Crippen LogP contribution in [0.3, 0.4) is 0 Å². The van der Waals surface area contributed by atoms with Gasteiger partial charge in [0.1, 0.15) is 5.69 Å². The number of hydrogen-bond donors (Lipinski definition) is 1. The number of hydrogen-bond acceptors (Lipinski definition) is 4. The number of carbonyl (C=O) groups is 2. The Bertz CT molecular complexity index is 461. The summed E-state index contributed by atoms with van der Waals surface area (Å²) in [5, 5.41) is 0. The van der Waals surface area contributed by atoms with Gasteiger partial charge in [0.25, 0.3) is 11.8 Å². The Morgan fingerprint density at radius 2 is 2.18 bits per heavy atom. The van der Waals surface area contributed by atoms with Crippen molar-refractivity contribution in [3.05, 3.63) is 29.6 Å². The van der Waals surface area contributed by atoms with Crippen LogP contribution in [0.15, 0.2) is 18.3 Å². The minimum Gasteiger partial charge on any atom is -0.326 e. The van der Waals surface area contributed by atoms with Crippen molar-refractivity contribution in [2.24, 2.45) is 11.7 Å². The van der Waals surface area contributed by atoms with Crippen LogP contribution in [0.1, 0.15) is 33.7 Å². The van der Waals surface area contributed by atoms with E-state index < -0.39 is 0 Å². The van der Waals surface area contributed by atoms with Gasteiger partial charge in [-0.25, -0.2) is 0 Å². The molecule has 0 saturated heterocycles. The molecule has 17 heavy (non-hydrogen) atoms. The number of nitrogens with two attached hydrogens (primary N) is 1. The molecule has 5 nitrogen and oxygen atoms in total. The van der Waals surface area contributed by atoms with E-state index in [9.17, 15) is 9.59 Å². The fourth-order valence-corrected chi connectivity index (χ4v) is 2.16. The molecule has 2 N–H and O–H groups in total. The van der Waals surface area contributed by atoms with Crippen molar-refractivity contribution < 1.29 is 9.59 Å². The summed E-state index contributed by atoms with van der Waals surface area (Å²) in [5.74, 6) is -0.122. The van der Waals surface area contributed by atoms with E-state index in [1.165, 1.54) is 11.1 Å². The molecule has 1 fully saturated rings. The Morgan fingerprint density at radius 1 is 1.41 bits per heavy atom. The summed E-state index contributed by atoms with van der Waals surface area (Å²) in [6.45, 7) is 0.304. The number of rotatable bonds is 3. The summed E-state index contributed by atoms with van der Waals surface area (Å²) in [6, 6.07) is 3.19. The molecule has 1 aliphatic heterocycles. The van der Waals surface area contributed by atoms with Gasteiger partial charge in [-0.05, 0) is 30.9 Å². The van der Waals surface area contributed by atoms with Crippen molar-refractivity contribution in [3.8, 4) is 0 Å². The van der Waals surface area contributed by atoms with E-state index in [-0.39, 0.29) is 23.6 Å².